The summed E-state index contributed by atoms with van der Waals surface area (Å²) >= 11 is 7.50. The molecule has 74 valence electrons. The standard InChI is InChI=1S/C10H11ClN2S/c1-5(2)7-3-6(11)4-8-9(7)13-10(12)14-8/h3-5H,1-2H3,(H2,12,13). The van der Waals surface area contributed by atoms with E-state index < -0.39 is 0 Å². The van der Waals surface area contributed by atoms with Crippen LogP contribution in [-0.4, -0.2) is 4.98 Å². The van der Waals surface area contributed by atoms with E-state index in [2.05, 4.69) is 18.8 Å². The van der Waals surface area contributed by atoms with Crippen LogP contribution in [0.4, 0.5) is 5.13 Å². The monoisotopic (exact) mass is 226 g/mol. The molecule has 0 radical (unpaired) electrons. The molecular formula is C10H11ClN2S. The smallest absolute Gasteiger partial charge is 0.181 e. The van der Waals surface area contributed by atoms with Crippen LogP contribution < -0.4 is 5.73 Å². The summed E-state index contributed by atoms with van der Waals surface area (Å²) in [6, 6.07) is 3.88. The van der Waals surface area contributed by atoms with Gasteiger partial charge in [-0.2, -0.15) is 0 Å². The van der Waals surface area contributed by atoms with Crippen LogP contribution in [0.2, 0.25) is 5.02 Å². The first-order valence-electron chi connectivity index (χ1n) is 4.43. The van der Waals surface area contributed by atoms with Crippen molar-refractivity contribution < 1.29 is 0 Å². The van der Waals surface area contributed by atoms with E-state index in [-0.39, 0.29) is 0 Å². The molecule has 14 heavy (non-hydrogen) atoms. The molecule has 1 aromatic heterocycles. The Hall–Kier alpha value is -0.800. The highest BCUT2D eigenvalue weighted by atomic mass is 35.5. The number of fused-ring (bicyclic) bond motifs is 1. The topological polar surface area (TPSA) is 38.9 Å². The van der Waals surface area contributed by atoms with E-state index in [9.17, 15) is 0 Å². The van der Waals surface area contributed by atoms with Gasteiger partial charge in [-0.15, -0.1) is 0 Å². The first-order valence-corrected chi connectivity index (χ1v) is 5.63. The summed E-state index contributed by atoms with van der Waals surface area (Å²) < 4.78 is 1.07. The van der Waals surface area contributed by atoms with Gasteiger partial charge in [0.2, 0.25) is 0 Å². The minimum absolute atomic E-state index is 0.415. The third-order valence-electron chi connectivity index (χ3n) is 2.13. The van der Waals surface area contributed by atoms with Crippen LogP contribution in [0.15, 0.2) is 12.1 Å². The predicted octanol–water partition coefficient (Wildman–Crippen LogP) is 3.66. The summed E-state index contributed by atoms with van der Waals surface area (Å²) in [7, 11) is 0. The lowest BCUT2D eigenvalue weighted by atomic mass is 10.0. The van der Waals surface area contributed by atoms with Gasteiger partial charge in [-0.3, -0.25) is 0 Å². The Kier molecular flexibility index (Phi) is 2.37. The minimum atomic E-state index is 0.415. The molecule has 2 nitrogen and oxygen atoms in total. The molecule has 0 saturated carbocycles. The molecule has 0 spiro atoms. The Balaban J connectivity index is 2.79. The molecule has 2 rings (SSSR count). The molecule has 0 saturated heterocycles. The van der Waals surface area contributed by atoms with E-state index in [1.807, 2.05) is 12.1 Å². The van der Waals surface area contributed by atoms with Crippen LogP contribution in [-0.2, 0) is 0 Å². The number of nitrogens with two attached hydrogens (primary N) is 1. The molecule has 2 aromatic rings. The lowest BCUT2D eigenvalue weighted by Crippen LogP contribution is -1.89. The molecule has 1 aromatic carbocycles. The van der Waals surface area contributed by atoms with Crippen molar-refractivity contribution in [3.8, 4) is 0 Å². The van der Waals surface area contributed by atoms with Crippen LogP contribution in [0.3, 0.4) is 0 Å². The molecule has 4 heteroatoms. The maximum absolute atomic E-state index is 6.02. The van der Waals surface area contributed by atoms with Crippen molar-refractivity contribution in [2.24, 2.45) is 0 Å². The van der Waals surface area contributed by atoms with Gasteiger partial charge in [0, 0.05) is 5.02 Å². The molecule has 0 aliphatic heterocycles. The molecule has 0 unspecified atom stereocenters. The molecular weight excluding hydrogens is 216 g/mol. The molecule has 0 aliphatic carbocycles. The number of nitrogen functional groups attached to an aromatic ring is 1. The summed E-state index contributed by atoms with van der Waals surface area (Å²) in [5, 5.41) is 1.36. The zero-order valence-electron chi connectivity index (χ0n) is 8.04. The molecule has 0 bridgehead atoms. The van der Waals surface area contributed by atoms with Crippen molar-refractivity contribution in [3.63, 3.8) is 0 Å². The number of nitrogens with zero attached hydrogens (tertiary/aromatic N) is 1. The fraction of sp³-hybridized carbons (Fsp3) is 0.300. The van der Waals surface area contributed by atoms with E-state index in [1.54, 1.807) is 0 Å². The summed E-state index contributed by atoms with van der Waals surface area (Å²) in [4.78, 5) is 4.31. The average molecular weight is 227 g/mol. The van der Waals surface area contributed by atoms with E-state index in [1.165, 1.54) is 16.9 Å². The van der Waals surface area contributed by atoms with Crippen LogP contribution in [0, 0.1) is 0 Å². The quantitative estimate of drug-likeness (QED) is 0.806. The fourth-order valence-corrected chi connectivity index (χ4v) is 2.58. The SMILES string of the molecule is CC(C)c1cc(Cl)cc2sc(N)nc12. The number of anilines is 1. The van der Waals surface area contributed by atoms with Gasteiger partial charge in [0.15, 0.2) is 5.13 Å². The Labute approximate surface area is 91.7 Å². The number of thiazole rings is 1. The zero-order valence-corrected chi connectivity index (χ0v) is 9.62. The number of rotatable bonds is 1. The summed E-state index contributed by atoms with van der Waals surface area (Å²) in [6.07, 6.45) is 0. The van der Waals surface area contributed by atoms with Gasteiger partial charge in [-0.1, -0.05) is 36.8 Å². The zero-order chi connectivity index (χ0) is 10.3. The van der Waals surface area contributed by atoms with Crippen molar-refractivity contribution in [3.05, 3.63) is 22.7 Å². The molecule has 1 heterocycles. The van der Waals surface area contributed by atoms with Crippen molar-refractivity contribution in [2.45, 2.75) is 19.8 Å². The number of hydrogen-bond acceptors (Lipinski definition) is 3. The Morgan fingerprint density at radius 1 is 1.43 bits per heavy atom. The summed E-state index contributed by atoms with van der Waals surface area (Å²) in [5.41, 5.74) is 7.83. The second kappa shape index (κ2) is 3.41. The number of aromatic nitrogens is 1. The van der Waals surface area contributed by atoms with Gasteiger partial charge in [-0.05, 0) is 23.6 Å². The number of benzene rings is 1. The van der Waals surface area contributed by atoms with Gasteiger partial charge < -0.3 is 5.73 Å². The van der Waals surface area contributed by atoms with Crippen LogP contribution in [0.1, 0.15) is 25.3 Å². The number of halogens is 1. The van der Waals surface area contributed by atoms with E-state index in [0.29, 0.717) is 11.0 Å². The Bertz CT molecular complexity index is 476. The summed E-state index contributed by atoms with van der Waals surface area (Å²) in [6.45, 7) is 4.25. The third-order valence-corrected chi connectivity index (χ3v) is 3.18. The molecule has 0 fully saturated rings. The normalized spacial score (nSPS) is 11.4. The van der Waals surface area contributed by atoms with Gasteiger partial charge >= 0.3 is 0 Å². The molecule has 0 aliphatic rings. The molecule has 2 N–H and O–H groups in total. The maximum Gasteiger partial charge on any atom is 0.181 e. The minimum Gasteiger partial charge on any atom is -0.375 e. The third kappa shape index (κ3) is 1.57. The van der Waals surface area contributed by atoms with Gasteiger partial charge in [0.25, 0.3) is 0 Å². The highest BCUT2D eigenvalue weighted by molar-refractivity contribution is 7.22. The van der Waals surface area contributed by atoms with Crippen molar-refractivity contribution in [1.82, 2.24) is 4.98 Å². The lowest BCUT2D eigenvalue weighted by molar-refractivity contribution is 0.874. The Morgan fingerprint density at radius 3 is 2.79 bits per heavy atom. The predicted molar refractivity (Wildman–Crippen MR) is 63.1 cm³/mol. The average Bonchev–Trinajstić information content (AvgIpc) is 2.42. The second-order valence-electron chi connectivity index (χ2n) is 3.55. The molecule has 0 amide bonds. The van der Waals surface area contributed by atoms with Crippen LogP contribution in [0.5, 0.6) is 0 Å². The van der Waals surface area contributed by atoms with Gasteiger partial charge in [0.1, 0.15) is 0 Å². The van der Waals surface area contributed by atoms with Crippen molar-refractivity contribution in [1.29, 1.82) is 0 Å². The number of hydrogen-bond donors (Lipinski definition) is 1. The second-order valence-corrected chi connectivity index (χ2v) is 5.05. The van der Waals surface area contributed by atoms with Gasteiger partial charge in [0.05, 0.1) is 10.2 Å². The first-order chi connectivity index (χ1) is 6.58. The highest BCUT2D eigenvalue weighted by Crippen LogP contribution is 2.33. The van der Waals surface area contributed by atoms with Crippen LogP contribution in [0.25, 0.3) is 10.2 Å². The fourth-order valence-electron chi connectivity index (χ4n) is 1.48. The van der Waals surface area contributed by atoms with E-state index >= 15 is 0 Å². The van der Waals surface area contributed by atoms with Crippen LogP contribution >= 0.6 is 22.9 Å². The Morgan fingerprint density at radius 2 is 2.14 bits per heavy atom. The highest BCUT2D eigenvalue weighted by Gasteiger charge is 2.10. The largest absolute Gasteiger partial charge is 0.375 e. The summed E-state index contributed by atoms with van der Waals surface area (Å²) in [5.74, 6) is 0.415. The molecule has 0 atom stereocenters. The first kappa shape index (κ1) is 9.74. The lowest BCUT2D eigenvalue weighted by Gasteiger charge is -2.06. The van der Waals surface area contributed by atoms with Gasteiger partial charge in [-0.25, -0.2) is 4.98 Å². The van der Waals surface area contributed by atoms with E-state index in [0.717, 1.165) is 15.2 Å². The van der Waals surface area contributed by atoms with Crippen molar-refractivity contribution >= 4 is 38.3 Å². The van der Waals surface area contributed by atoms with Crippen molar-refractivity contribution in [2.75, 3.05) is 5.73 Å². The van der Waals surface area contributed by atoms with E-state index in [4.69, 9.17) is 17.3 Å². The maximum atomic E-state index is 6.02.